The van der Waals surface area contributed by atoms with Crippen LogP contribution in [0.4, 0.5) is 10.8 Å². The first-order valence-corrected chi connectivity index (χ1v) is 10.2. The smallest absolute Gasteiger partial charge is 0.260 e. The Hall–Kier alpha value is -2.77. The number of para-hydroxylation sites is 1. The number of nitrogens with zero attached hydrogens (tertiary/aromatic N) is 2. The van der Waals surface area contributed by atoms with E-state index in [1.54, 1.807) is 29.2 Å². The van der Waals surface area contributed by atoms with Gasteiger partial charge in [-0.15, -0.1) is 0 Å². The maximum atomic E-state index is 13.1. The number of anilines is 2. The molecule has 1 aromatic heterocycles. The number of nitrogens with one attached hydrogen (secondary N) is 1. The van der Waals surface area contributed by atoms with Crippen LogP contribution in [0.5, 0.6) is 0 Å². The first-order chi connectivity index (χ1) is 13.7. The van der Waals surface area contributed by atoms with Crippen LogP contribution in [-0.4, -0.2) is 36.1 Å². The predicted octanol–water partition coefficient (Wildman–Crippen LogP) is 4.08. The molecule has 0 spiro atoms. The number of hydrogen-bond donors (Lipinski definition) is 1. The molecule has 0 aliphatic carbocycles. The lowest BCUT2D eigenvalue weighted by Gasteiger charge is -2.18. The minimum Gasteiger partial charge on any atom is -0.368 e. The van der Waals surface area contributed by atoms with Gasteiger partial charge in [0, 0.05) is 24.4 Å². The molecular weight excluding hydrogens is 374 g/mol. The molecule has 144 valence electrons. The zero-order valence-electron chi connectivity index (χ0n) is 15.6. The number of aromatic nitrogens is 1. The average Bonchev–Trinajstić information content (AvgIpc) is 3.38. The van der Waals surface area contributed by atoms with Crippen molar-refractivity contribution in [2.75, 3.05) is 23.4 Å². The Labute approximate surface area is 167 Å². The fourth-order valence-corrected chi connectivity index (χ4v) is 4.26. The van der Waals surface area contributed by atoms with Gasteiger partial charge in [-0.05, 0) is 50.1 Å². The van der Waals surface area contributed by atoms with Gasteiger partial charge in [-0.3, -0.25) is 14.5 Å². The van der Waals surface area contributed by atoms with Crippen molar-refractivity contribution in [1.82, 2.24) is 4.98 Å². The van der Waals surface area contributed by atoms with Crippen molar-refractivity contribution in [3.05, 3.63) is 54.1 Å². The van der Waals surface area contributed by atoms with Crippen LogP contribution < -0.4 is 10.2 Å². The second kappa shape index (κ2) is 8.08. The van der Waals surface area contributed by atoms with Crippen molar-refractivity contribution in [2.24, 2.45) is 0 Å². The molecule has 1 unspecified atom stereocenters. The minimum absolute atomic E-state index is 0.144. The van der Waals surface area contributed by atoms with Crippen LogP contribution in [0.25, 0.3) is 10.2 Å². The van der Waals surface area contributed by atoms with Gasteiger partial charge in [0.2, 0.25) is 0 Å². The molecule has 6 nitrogen and oxygen atoms in total. The molecule has 1 atom stereocenters. The fourth-order valence-electron chi connectivity index (χ4n) is 3.23. The van der Waals surface area contributed by atoms with Gasteiger partial charge in [0.1, 0.15) is 6.10 Å². The number of carbonyl (C=O) groups excluding carboxylic acids is 2. The molecule has 2 heterocycles. The number of benzene rings is 2. The predicted molar refractivity (Wildman–Crippen MR) is 111 cm³/mol. The van der Waals surface area contributed by atoms with Gasteiger partial charge in [-0.1, -0.05) is 29.5 Å². The molecule has 0 radical (unpaired) electrons. The van der Waals surface area contributed by atoms with Gasteiger partial charge in [-0.25, -0.2) is 4.98 Å². The highest BCUT2D eigenvalue weighted by molar-refractivity contribution is 7.22. The number of carbonyl (C=O) groups is 2. The molecule has 28 heavy (non-hydrogen) atoms. The van der Waals surface area contributed by atoms with Gasteiger partial charge in [0.25, 0.3) is 11.8 Å². The molecule has 3 aromatic rings. The molecule has 2 amide bonds. The first-order valence-electron chi connectivity index (χ1n) is 9.35. The van der Waals surface area contributed by atoms with Crippen molar-refractivity contribution >= 4 is 44.2 Å². The third-order valence-corrected chi connectivity index (χ3v) is 5.73. The highest BCUT2D eigenvalue weighted by Gasteiger charge is 2.24. The normalized spacial score (nSPS) is 16.2. The van der Waals surface area contributed by atoms with E-state index in [9.17, 15) is 9.59 Å². The summed E-state index contributed by atoms with van der Waals surface area (Å²) in [5, 5.41) is 3.52. The summed E-state index contributed by atoms with van der Waals surface area (Å²) in [6, 6.07) is 14.8. The molecule has 0 bridgehead atoms. The van der Waals surface area contributed by atoms with Crippen LogP contribution in [-0.2, 0) is 9.53 Å². The van der Waals surface area contributed by atoms with Crippen molar-refractivity contribution in [3.63, 3.8) is 0 Å². The lowest BCUT2D eigenvalue weighted by Crippen LogP contribution is -2.31. The number of amides is 2. The standard InChI is InChI=1S/C21H21N3O3S/c1-2-24(21-23-16-9-3-4-11-18(16)28-21)20(26)14-7-5-8-15(13-14)22-19(25)17-10-6-12-27-17/h3-5,7-9,11,13,17H,2,6,10,12H2,1H3,(H,22,25). The SMILES string of the molecule is CCN(C(=O)c1cccc(NC(=O)C2CCCO2)c1)c1nc2ccccc2s1. The zero-order valence-corrected chi connectivity index (χ0v) is 16.4. The minimum atomic E-state index is -0.408. The Morgan fingerprint density at radius 2 is 2.11 bits per heavy atom. The first kappa shape index (κ1) is 18.6. The largest absolute Gasteiger partial charge is 0.368 e. The highest BCUT2D eigenvalue weighted by atomic mass is 32.1. The van der Waals surface area contributed by atoms with E-state index in [-0.39, 0.29) is 11.8 Å². The summed E-state index contributed by atoms with van der Waals surface area (Å²) in [5.41, 5.74) is 1.98. The number of thiazole rings is 1. The van der Waals surface area contributed by atoms with Crippen molar-refractivity contribution in [1.29, 1.82) is 0 Å². The molecule has 1 fully saturated rings. The van der Waals surface area contributed by atoms with Gasteiger partial charge >= 0.3 is 0 Å². The van der Waals surface area contributed by atoms with Crippen LogP contribution in [0, 0.1) is 0 Å². The van der Waals surface area contributed by atoms with Crippen LogP contribution >= 0.6 is 11.3 Å². The van der Waals surface area contributed by atoms with Gasteiger partial charge in [0.15, 0.2) is 5.13 Å². The Morgan fingerprint density at radius 3 is 2.86 bits per heavy atom. The number of hydrogen-bond acceptors (Lipinski definition) is 5. The van der Waals surface area contributed by atoms with Crippen molar-refractivity contribution in [3.8, 4) is 0 Å². The van der Waals surface area contributed by atoms with E-state index in [4.69, 9.17) is 4.74 Å². The molecule has 1 N–H and O–H groups in total. The maximum absolute atomic E-state index is 13.1. The second-order valence-electron chi connectivity index (χ2n) is 6.59. The van der Waals surface area contributed by atoms with Crippen LogP contribution in [0.15, 0.2) is 48.5 Å². The fraction of sp³-hybridized carbons (Fsp3) is 0.286. The summed E-state index contributed by atoms with van der Waals surface area (Å²) in [6.07, 6.45) is 1.21. The lowest BCUT2D eigenvalue weighted by molar-refractivity contribution is -0.124. The molecule has 2 aromatic carbocycles. The monoisotopic (exact) mass is 395 g/mol. The quantitative estimate of drug-likeness (QED) is 0.707. The summed E-state index contributed by atoms with van der Waals surface area (Å²) < 4.78 is 6.46. The number of rotatable bonds is 5. The summed E-state index contributed by atoms with van der Waals surface area (Å²) in [7, 11) is 0. The second-order valence-corrected chi connectivity index (χ2v) is 7.59. The average molecular weight is 395 g/mol. The van der Waals surface area contributed by atoms with Gasteiger partial charge in [0.05, 0.1) is 10.2 Å². The third-order valence-electron chi connectivity index (χ3n) is 4.67. The van der Waals surface area contributed by atoms with E-state index in [2.05, 4.69) is 10.3 Å². The molecule has 1 aliphatic rings. The molecule has 0 saturated carbocycles. The highest BCUT2D eigenvalue weighted by Crippen LogP contribution is 2.29. The summed E-state index contributed by atoms with van der Waals surface area (Å²) in [4.78, 5) is 31.6. The van der Waals surface area contributed by atoms with E-state index < -0.39 is 6.10 Å². The van der Waals surface area contributed by atoms with Crippen LogP contribution in [0.3, 0.4) is 0 Å². The van der Waals surface area contributed by atoms with E-state index in [0.29, 0.717) is 29.5 Å². The number of fused-ring (bicyclic) bond motifs is 1. The maximum Gasteiger partial charge on any atom is 0.260 e. The van der Waals surface area contributed by atoms with Gasteiger partial charge < -0.3 is 10.1 Å². The Kier molecular flexibility index (Phi) is 5.36. The molecule has 1 aliphatic heterocycles. The van der Waals surface area contributed by atoms with E-state index in [0.717, 1.165) is 23.1 Å². The summed E-state index contributed by atoms with van der Waals surface area (Å²) in [6.45, 7) is 3.04. The Balaban J connectivity index is 1.55. The molecular formula is C21H21N3O3S. The number of ether oxygens (including phenoxy) is 1. The summed E-state index contributed by atoms with van der Waals surface area (Å²) in [5.74, 6) is -0.310. The Bertz CT molecular complexity index is 978. The lowest BCUT2D eigenvalue weighted by atomic mass is 10.1. The van der Waals surface area contributed by atoms with Gasteiger partial charge in [-0.2, -0.15) is 0 Å². The van der Waals surface area contributed by atoms with E-state index in [1.807, 2.05) is 31.2 Å². The van der Waals surface area contributed by atoms with Crippen LogP contribution in [0.1, 0.15) is 30.1 Å². The molecule has 4 rings (SSSR count). The zero-order chi connectivity index (χ0) is 19.5. The van der Waals surface area contributed by atoms with Crippen molar-refractivity contribution in [2.45, 2.75) is 25.9 Å². The van der Waals surface area contributed by atoms with Crippen LogP contribution in [0.2, 0.25) is 0 Å². The topological polar surface area (TPSA) is 71.5 Å². The Morgan fingerprint density at radius 1 is 1.25 bits per heavy atom. The van der Waals surface area contributed by atoms with Crippen molar-refractivity contribution < 1.29 is 14.3 Å². The van der Waals surface area contributed by atoms with E-state index >= 15 is 0 Å². The molecule has 7 heteroatoms. The third kappa shape index (κ3) is 3.76. The molecule has 1 saturated heterocycles. The summed E-state index contributed by atoms with van der Waals surface area (Å²) >= 11 is 1.49. The van der Waals surface area contributed by atoms with E-state index in [1.165, 1.54) is 11.3 Å².